The molecule has 1 fully saturated rings. The third-order valence-corrected chi connectivity index (χ3v) is 11.8. The van der Waals surface area contributed by atoms with Crippen LogP contribution in [0.15, 0.2) is 12.4 Å². The van der Waals surface area contributed by atoms with Crippen LogP contribution in [0, 0.1) is 0 Å². The molecular formula is C23H44BN3O5Si. The van der Waals surface area contributed by atoms with Crippen molar-refractivity contribution in [2.75, 3.05) is 6.54 Å². The maximum absolute atomic E-state index is 12.0. The summed E-state index contributed by atoms with van der Waals surface area (Å²) >= 11 is 0. The van der Waals surface area contributed by atoms with Crippen molar-refractivity contribution in [2.45, 2.75) is 117 Å². The van der Waals surface area contributed by atoms with E-state index in [-0.39, 0.29) is 17.7 Å². The average Bonchev–Trinajstić information content (AvgIpc) is 3.12. The van der Waals surface area contributed by atoms with Crippen LogP contribution in [0.1, 0.15) is 69.2 Å². The van der Waals surface area contributed by atoms with Gasteiger partial charge < -0.3 is 23.7 Å². The fraction of sp³-hybridized carbons (Fsp3) is 0.826. The van der Waals surface area contributed by atoms with Crippen molar-refractivity contribution >= 4 is 27.0 Å². The van der Waals surface area contributed by atoms with E-state index in [0.29, 0.717) is 6.54 Å². The van der Waals surface area contributed by atoms with E-state index in [2.05, 4.69) is 39.0 Å². The van der Waals surface area contributed by atoms with E-state index in [4.69, 9.17) is 13.7 Å². The molecule has 1 N–H and O–H groups in total. The Balaban J connectivity index is 2.27. The van der Waals surface area contributed by atoms with Crippen molar-refractivity contribution in [2.24, 2.45) is 0 Å². The normalized spacial score (nSPS) is 19.6. The van der Waals surface area contributed by atoms with Gasteiger partial charge in [-0.05, 0) is 66.6 Å². The number of carboxylic acid groups (broad SMARTS) is 1. The second-order valence-electron chi connectivity index (χ2n) is 12.6. The summed E-state index contributed by atoms with van der Waals surface area (Å²) in [6, 6.07) is 0. The van der Waals surface area contributed by atoms with Crippen LogP contribution < -0.4 is 5.46 Å². The van der Waals surface area contributed by atoms with Crippen LogP contribution in [0.5, 0.6) is 0 Å². The number of nitrogens with zero attached hydrogens (tertiary/aromatic N) is 3. The van der Waals surface area contributed by atoms with Gasteiger partial charge in [0.05, 0.1) is 30.4 Å². The van der Waals surface area contributed by atoms with Gasteiger partial charge in [0.1, 0.15) is 0 Å². The van der Waals surface area contributed by atoms with Crippen molar-refractivity contribution in [3.05, 3.63) is 12.4 Å². The van der Waals surface area contributed by atoms with Gasteiger partial charge in [-0.2, -0.15) is 5.10 Å². The fourth-order valence-electron chi connectivity index (χ4n) is 3.36. The highest BCUT2D eigenvalue weighted by atomic mass is 28.4. The largest absolute Gasteiger partial charge is 0.498 e. The van der Waals surface area contributed by atoms with Gasteiger partial charge in [-0.15, -0.1) is 0 Å². The van der Waals surface area contributed by atoms with E-state index < -0.39 is 38.3 Å². The molecule has 1 aliphatic rings. The lowest BCUT2D eigenvalue weighted by atomic mass is 9.82. The highest BCUT2D eigenvalue weighted by molar-refractivity contribution is 6.74. The molecule has 1 unspecified atom stereocenters. The summed E-state index contributed by atoms with van der Waals surface area (Å²) < 4.78 is 20.8. The Morgan fingerprint density at radius 1 is 1.18 bits per heavy atom. The van der Waals surface area contributed by atoms with Gasteiger partial charge in [0.15, 0.2) is 8.32 Å². The molecule has 33 heavy (non-hydrogen) atoms. The summed E-state index contributed by atoms with van der Waals surface area (Å²) in [5, 5.41) is 14.4. The Labute approximate surface area is 201 Å². The Bertz CT molecular complexity index is 826. The minimum atomic E-state index is -2.15. The van der Waals surface area contributed by atoms with Crippen LogP contribution >= 0.6 is 0 Å². The Morgan fingerprint density at radius 3 is 2.12 bits per heavy atom. The van der Waals surface area contributed by atoms with Crippen LogP contribution in [0.2, 0.25) is 18.1 Å². The van der Waals surface area contributed by atoms with Gasteiger partial charge in [-0.3, -0.25) is 4.68 Å². The molecule has 2 heterocycles. The lowest BCUT2D eigenvalue weighted by Crippen LogP contribution is -2.53. The first-order valence-corrected chi connectivity index (χ1v) is 14.6. The van der Waals surface area contributed by atoms with Crippen LogP contribution in [0.4, 0.5) is 4.79 Å². The molecule has 2 rings (SSSR count). The zero-order valence-corrected chi connectivity index (χ0v) is 23.6. The van der Waals surface area contributed by atoms with Crippen molar-refractivity contribution in [1.29, 1.82) is 0 Å². The van der Waals surface area contributed by atoms with E-state index in [0.717, 1.165) is 5.46 Å². The summed E-state index contributed by atoms with van der Waals surface area (Å²) in [7, 11) is -2.64. The van der Waals surface area contributed by atoms with Gasteiger partial charge >= 0.3 is 13.2 Å². The minimum absolute atomic E-state index is 0.000987. The van der Waals surface area contributed by atoms with Gasteiger partial charge in [0, 0.05) is 23.4 Å². The smallest absolute Gasteiger partial charge is 0.465 e. The second kappa shape index (κ2) is 9.02. The molecule has 0 aromatic carbocycles. The summed E-state index contributed by atoms with van der Waals surface area (Å²) in [4.78, 5) is 13.5. The maximum atomic E-state index is 12.0. The molecule has 0 aliphatic carbocycles. The molecule has 1 amide bonds. The molecular weight excluding hydrogens is 437 g/mol. The molecule has 0 radical (unpaired) electrons. The first-order valence-electron chi connectivity index (χ1n) is 11.7. The molecule has 0 spiro atoms. The van der Waals surface area contributed by atoms with Crippen molar-refractivity contribution in [1.82, 2.24) is 14.7 Å². The third-order valence-electron chi connectivity index (χ3n) is 7.26. The van der Waals surface area contributed by atoms with Gasteiger partial charge in [0.2, 0.25) is 0 Å². The monoisotopic (exact) mass is 481 g/mol. The van der Waals surface area contributed by atoms with E-state index in [1.807, 2.05) is 54.7 Å². The van der Waals surface area contributed by atoms with Gasteiger partial charge in [-0.1, -0.05) is 20.8 Å². The number of aromatic nitrogens is 2. The molecule has 1 aliphatic heterocycles. The maximum Gasteiger partial charge on any atom is 0.498 e. The lowest BCUT2D eigenvalue weighted by molar-refractivity contribution is 0.00578. The van der Waals surface area contributed by atoms with Crippen LogP contribution in [0.3, 0.4) is 0 Å². The number of carbonyl (C=O) groups is 1. The Morgan fingerprint density at radius 2 is 1.70 bits per heavy atom. The molecule has 1 aromatic heterocycles. The van der Waals surface area contributed by atoms with E-state index in [1.54, 1.807) is 10.9 Å². The zero-order valence-electron chi connectivity index (χ0n) is 22.6. The highest BCUT2D eigenvalue weighted by Crippen LogP contribution is 2.38. The van der Waals surface area contributed by atoms with Crippen molar-refractivity contribution in [3.8, 4) is 0 Å². The minimum Gasteiger partial charge on any atom is -0.465 e. The summed E-state index contributed by atoms with van der Waals surface area (Å²) in [5.74, 6) is 0. The average molecular weight is 482 g/mol. The van der Waals surface area contributed by atoms with E-state index in [9.17, 15) is 9.90 Å². The van der Waals surface area contributed by atoms with Crippen molar-refractivity contribution in [3.63, 3.8) is 0 Å². The number of rotatable bonds is 7. The zero-order chi connectivity index (χ0) is 25.6. The summed E-state index contributed by atoms with van der Waals surface area (Å²) in [5.41, 5.74) is -0.561. The molecule has 8 nitrogen and oxygen atoms in total. The lowest BCUT2D eigenvalue weighted by Gasteiger charge is -2.42. The van der Waals surface area contributed by atoms with E-state index >= 15 is 0 Å². The molecule has 188 valence electrons. The highest BCUT2D eigenvalue weighted by Gasteiger charge is 2.52. The predicted molar refractivity (Wildman–Crippen MR) is 134 cm³/mol. The topological polar surface area (TPSA) is 86.0 Å². The van der Waals surface area contributed by atoms with Crippen molar-refractivity contribution < 1.29 is 23.6 Å². The van der Waals surface area contributed by atoms with Gasteiger partial charge in [-0.25, -0.2) is 4.79 Å². The molecule has 10 heteroatoms. The number of hydrogen-bond donors (Lipinski definition) is 1. The van der Waals surface area contributed by atoms with Crippen LogP contribution in [0.25, 0.3) is 0 Å². The molecule has 0 saturated carbocycles. The fourth-order valence-corrected chi connectivity index (χ4v) is 4.69. The Hall–Kier alpha value is -1.36. The van der Waals surface area contributed by atoms with Gasteiger partial charge in [0.25, 0.3) is 0 Å². The quantitative estimate of drug-likeness (QED) is 0.583. The number of hydrogen-bond acceptors (Lipinski definition) is 5. The van der Waals surface area contributed by atoms with Crippen LogP contribution in [-0.2, 0) is 20.3 Å². The Kier molecular flexibility index (Phi) is 7.62. The summed E-state index contributed by atoms with van der Waals surface area (Å²) in [6.45, 7) is 25.4. The SMILES string of the molecule is CC(C)(C)N(CC(Cn1cc(B2OC(C)(C)C(C)(C)O2)cn1)O[Si](C)(C)C(C)(C)C)C(=O)O. The van der Waals surface area contributed by atoms with Crippen LogP contribution in [-0.4, -0.2) is 70.7 Å². The first kappa shape index (κ1) is 27.9. The summed E-state index contributed by atoms with van der Waals surface area (Å²) in [6.07, 6.45) is 2.37. The van der Waals surface area contributed by atoms with E-state index in [1.165, 1.54) is 4.90 Å². The molecule has 0 bridgehead atoms. The molecule has 1 atom stereocenters. The molecule has 1 aromatic rings. The second-order valence-corrected chi connectivity index (χ2v) is 17.4. The third kappa shape index (κ3) is 6.41. The number of amides is 1. The predicted octanol–water partition coefficient (Wildman–Crippen LogP) is 4.35. The first-order chi connectivity index (χ1) is 14.7. The molecule has 1 saturated heterocycles. The standard InChI is InChI=1S/C23H44BN3O5Si/c1-20(2,3)27(19(28)29)16-18(30-33(11,12)21(4,5)6)15-26-14-17(13-25-26)24-31-22(7,8)23(9,10)32-24/h13-14,18H,15-16H2,1-12H3,(H,28,29).